The van der Waals surface area contributed by atoms with Crippen LogP contribution < -0.4 is 9.80 Å². The zero-order chi connectivity index (χ0) is 42.9. The van der Waals surface area contributed by atoms with Crippen molar-refractivity contribution in [1.82, 2.24) is 0 Å². The maximum Gasteiger partial charge on any atom is 0.0546 e. The van der Waals surface area contributed by atoms with Crippen molar-refractivity contribution >= 4 is 110 Å². The molecule has 64 heavy (non-hydrogen) atoms. The maximum atomic E-state index is 2.49. The highest BCUT2D eigenvalue weighted by Crippen LogP contribution is 2.49. The van der Waals surface area contributed by atoms with Crippen molar-refractivity contribution in [3.63, 3.8) is 0 Å². The van der Waals surface area contributed by atoms with E-state index < -0.39 is 0 Å². The zero-order valence-corrected chi connectivity index (χ0v) is 36.3. The zero-order valence-electron chi connectivity index (χ0n) is 36.3. The number of anilines is 6. The van der Waals surface area contributed by atoms with Crippen LogP contribution in [0.15, 0.2) is 224 Å². The third kappa shape index (κ3) is 6.41. The Morgan fingerprint density at radius 3 is 0.969 bits per heavy atom. The summed E-state index contributed by atoms with van der Waals surface area (Å²) in [7, 11) is 0. The standard InChI is InChI=1S/C62H46N2/c1-62(2,3)49-28-33-55-58-39-60(63(50-29-24-41-14-4-8-18-45(41)34-50)51-30-25-42-15-5-9-19-46(42)35-51)56-23-13-12-22-54(56)57(58)40-61(59(55)38-49)64(52-31-26-43-16-6-10-20-47(43)36-52)53-32-27-44-17-7-11-21-48(44)37-53/h4-40H,1-3H3. The van der Waals surface area contributed by atoms with Crippen LogP contribution in [-0.2, 0) is 5.41 Å². The average Bonchev–Trinajstić information content (AvgIpc) is 3.33. The Balaban J connectivity index is 1.19. The van der Waals surface area contributed by atoms with Gasteiger partial charge in [-0.25, -0.2) is 0 Å². The average molecular weight is 819 g/mol. The van der Waals surface area contributed by atoms with Gasteiger partial charge in [0.25, 0.3) is 0 Å². The Bertz CT molecular complexity index is 3640. The van der Waals surface area contributed by atoms with Crippen molar-refractivity contribution in [3.8, 4) is 0 Å². The molecule has 0 aliphatic rings. The Kier molecular flexibility index (Phi) is 8.77. The first kappa shape index (κ1) is 37.8. The summed E-state index contributed by atoms with van der Waals surface area (Å²) in [6, 6.07) is 83.3. The molecule has 12 rings (SSSR count). The Morgan fingerprint density at radius 2 is 0.578 bits per heavy atom. The summed E-state index contributed by atoms with van der Waals surface area (Å²) in [5.41, 5.74) is 8.01. The number of hydrogen-bond donors (Lipinski definition) is 0. The van der Waals surface area contributed by atoms with Crippen molar-refractivity contribution in [3.05, 3.63) is 230 Å². The number of benzene rings is 12. The normalized spacial score (nSPS) is 12.0. The van der Waals surface area contributed by atoms with Gasteiger partial charge in [0.05, 0.1) is 11.4 Å². The molecule has 0 saturated heterocycles. The largest absolute Gasteiger partial charge is 0.310 e. The van der Waals surface area contributed by atoms with Crippen LogP contribution in [0, 0.1) is 0 Å². The molecule has 2 heteroatoms. The summed E-state index contributed by atoms with van der Waals surface area (Å²) in [5, 5.41) is 17.0. The number of nitrogens with zero attached hydrogens (tertiary/aromatic N) is 2. The van der Waals surface area contributed by atoms with Gasteiger partial charge in [0, 0.05) is 33.5 Å². The van der Waals surface area contributed by atoms with E-state index in [9.17, 15) is 0 Å². The molecule has 0 bridgehead atoms. The second-order valence-corrected chi connectivity index (χ2v) is 18.2. The van der Waals surface area contributed by atoms with E-state index in [4.69, 9.17) is 0 Å². The minimum atomic E-state index is -0.0609. The number of fused-ring (bicyclic) bond motifs is 9. The SMILES string of the molecule is CC(C)(C)c1ccc2c(c1)c(N(c1ccc3ccccc3c1)c1ccc3ccccc3c1)cc1c3ccccc3c(N(c3ccc4ccccc4c3)c3ccc4ccccc4c3)cc21. The van der Waals surface area contributed by atoms with E-state index >= 15 is 0 Å². The quantitative estimate of drug-likeness (QED) is 0.154. The monoisotopic (exact) mass is 818 g/mol. The van der Waals surface area contributed by atoms with Crippen molar-refractivity contribution in [2.24, 2.45) is 0 Å². The van der Waals surface area contributed by atoms with Gasteiger partial charge >= 0.3 is 0 Å². The fraction of sp³-hybridized carbons (Fsp3) is 0.0645. The van der Waals surface area contributed by atoms with E-state index in [1.807, 2.05) is 0 Å². The predicted molar refractivity (Wildman–Crippen MR) is 277 cm³/mol. The molecule has 0 heterocycles. The van der Waals surface area contributed by atoms with Crippen LogP contribution in [0.25, 0.3) is 75.4 Å². The smallest absolute Gasteiger partial charge is 0.0546 e. The van der Waals surface area contributed by atoms with Crippen LogP contribution in [-0.4, -0.2) is 0 Å². The molecule has 0 aromatic heterocycles. The van der Waals surface area contributed by atoms with Gasteiger partial charge in [-0.15, -0.1) is 0 Å². The summed E-state index contributed by atoms with van der Waals surface area (Å²) in [5.74, 6) is 0. The van der Waals surface area contributed by atoms with Crippen LogP contribution >= 0.6 is 0 Å². The summed E-state index contributed by atoms with van der Waals surface area (Å²) in [4.78, 5) is 4.96. The lowest BCUT2D eigenvalue weighted by Crippen LogP contribution is -2.13. The number of hydrogen-bond acceptors (Lipinski definition) is 2. The van der Waals surface area contributed by atoms with Gasteiger partial charge in [0.2, 0.25) is 0 Å². The van der Waals surface area contributed by atoms with Crippen LogP contribution in [0.5, 0.6) is 0 Å². The van der Waals surface area contributed by atoms with Crippen molar-refractivity contribution < 1.29 is 0 Å². The minimum absolute atomic E-state index is 0.0609. The molecule has 0 unspecified atom stereocenters. The lowest BCUT2D eigenvalue weighted by molar-refractivity contribution is 0.591. The maximum absolute atomic E-state index is 2.49. The molecule has 0 saturated carbocycles. The summed E-state index contributed by atoms with van der Waals surface area (Å²) >= 11 is 0. The molecule has 2 nitrogen and oxygen atoms in total. The number of rotatable bonds is 6. The van der Waals surface area contributed by atoms with E-state index in [1.165, 1.54) is 81.0 Å². The van der Waals surface area contributed by atoms with E-state index in [2.05, 4.69) is 255 Å². The third-order valence-corrected chi connectivity index (χ3v) is 13.2. The molecular formula is C62H46N2. The Morgan fingerprint density at radius 1 is 0.250 bits per heavy atom. The Hall–Kier alpha value is -7.94. The molecule has 0 aliphatic carbocycles. The van der Waals surface area contributed by atoms with Crippen molar-refractivity contribution in [1.29, 1.82) is 0 Å². The van der Waals surface area contributed by atoms with Crippen molar-refractivity contribution in [2.45, 2.75) is 26.2 Å². The van der Waals surface area contributed by atoms with Crippen LogP contribution in [0.1, 0.15) is 26.3 Å². The highest BCUT2D eigenvalue weighted by molar-refractivity contribution is 6.25. The molecule has 0 spiro atoms. The first-order valence-corrected chi connectivity index (χ1v) is 22.3. The van der Waals surface area contributed by atoms with Gasteiger partial charge < -0.3 is 9.80 Å². The fourth-order valence-corrected chi connectivity index (χ4v) is 9.92. The molecule has 0 amide bonds. The van der Waals surface area contributed by atoms with Crippen molar-refractivity contribution in [2.75, 3.05) is 9.80 Å². The topological polar surface area (TPSA) is 6.48 Å². The van der Waals surface area contributed by atoms with Crippen LogP contribution in [0.3, 0.4) is 0 Å². The molecule has 12 aromatic rings. The lowest BCUT2D eigenvalue weighted by Gasteiger charge is -2.31. The highest BCUT2D eigenvalue weighted by Gasteiger charge is 2.24. The molecule has 0 N–H and O–H groups in total. The third-order valence-electron chi connectivity index (χ3n) is 13.2. The summed E-state index contributed by atoms with van der Waals surface area (Å²) < 4.78 is 0. The van der Waals surface area contributed by atoms with Gasteiger partial charge in [-0.3, -0.25) is 0 Å². The molecule has 304 valence electrons. The predicted octanol–water partition coefficient (Wildman–Crippen LogP) is 18.0. The van der Waals surface area contributed by atoms with Gasteiger partial charge in [-0.2, -0.15) is 0 Å². The Labute approximate surface area is 373 Å². The van der Waals surface area contributed by atoms with Crippen LogP contribution in [0.2, 0.25) is 0 Å². The first-order valence-electron chi connectivity index (χ1n) is 22.3. The summed E-state index contributed by atoms with van der Waals surface area (Å²) in [6.07, 6.45) is 0. The molecular weight excluding hydrogens is 773 g/mol. The van der Waals surface area contributed by atoms with Crippen LogP contribution in [0.4, 0.5) is 34.1 Å². The molecule has 0 fully saturated rings. The highest BCUT2D eigenvalue weighted by atomic mass is 15.2. The molecule has 0 atom stereocenters. The van der Waals surface area contributed by atoms with E-state index in [1.54, 1.807) is 0 Å². The second kappa shape index (κ2) is 14.9. The van der Waals surface area contributed by atoms with Gasteiger partial charge in [-0.05, 0) is 142 Å². The first-order chi connectivity index (χ1) is 31.3. The van der Waals surface area contributed by atoms with Gasteiger partial charge in [-0.1, -0.05) is 178 Å². The summed E-state index contributed by atoms with van der Waals surface area (Å²) in [6.45, 7) is 6.95. The van der Waals surface area contributed by atoms with Gasteiger partial charge in [0.1, 0.15) is 0 Å². The second-order valence-electron chi connectivity index (χ2n) is 18.2. The van der Waals surface area contributed by atoms with E-state index in [0.29, 0.717) is 0 Å². The lowest BCUT2D eigenvalue weighted by atomic mass is 9.84. The van der Waals surface area contributed by atoms with E-state index in [-0.39, 0.29) is 5.41 Å². The van der Waals surface area contributed by atoms with E-state index in [0.717, 1.165) is 34.1 Å². The minimum Gasteiger partial charge on any atom is -0.310 e. The molecule has 0 radical (unpaired) electrons. The molecule has 0 aliphatic heterocycles. The van der Waals surface area contributed by atoms with Gasteiger partial charge in [0.15, 0.2) is 0 Å². The molecule has 12 aromatic carbocycles. The fourth-order valence-electron chi connectivity index (χ4n) is 9.92.